The first-order valence-corrected chi connectivity index (χ1v) is 6.81. The molecule has 2 rings (SSSR count). The summed E-state index contributed by atoms with van der Waals surface area (Å²) in [5.41, 5.74) is 7.30. The molecular formula is C14H13ClN2OS. The molecule has 0 bridgehead atoms. The van der Waals surface area contributed by atoms with Crippen LogP contribution in [0.3, 0.4) is 0 Å². The fourth-order valence-corrected chi connectivity index (χ4v) is 2.72. The van der Waals surface area contributed by atoms with Gasteiger partial charge in [-0.25, -0.2) is 0 Å². The van der Waals surface area contributed by atoms with E-state index >= 15 is 0 Å². The molecule has 0 heterocycles. The summed E-state index contributed by atoms with van der Waals surface area (Å²) < 4.78 is 0. The van der Waals surface area contributed by atoms with Gasteiger partial charge in [-0.15, -0.1) is 0 Å². The van der Waals surface area contributed by atoms with Crippen molar-refractivity contribution in [3.05, 3.63) is 58.6 Å². The van der Waals surface area contributed by atoms with Crippen molar-refractivity contribution in [3.8, 4) is 0 Å². The van der Waals surface area contributed by atoms with Crippen LogP contribution in [0.4, 0.5) is 0 Å². The number of aryl methyl sites for hydroxylation is 1. The quantitative estimate of drug-likeness (QED) is 0.390. The average molecular weight is 293 g/mol. The topological polar surface area (TPSA) is 58.6 Å². The maximum absolute atomic E-state index is 8.69. The van der Waals surface area contributed by atoms with E-state index in [2.05, 4.69) is 5.16 Å². The Morgan fingerprint density at radius 1 is 1.16 bits per heavy atom. The summed E-state index contributed by atoms with van der Waals surface area (Å²) in [4.78, 5) is 2.20. The molecule has 0 unspecified atom stereocenters. The zero-order chi connectivity index (χ0) is 13.8. The van der Waals surface area contributed by atoms with Gasteiger partial charge in [0.1, 0.15) is 0 Å². The van der Waals surface area contributed by atoms with E-state index in [-0.39, 0.29) is 5.84 Å². The van der Waals surface area contributed by atoms with Gasteiger partial charge in [-0.1, -0.05) is 28.5 Å². The summed E-state index contributed by atoms with van der Waals surface area (Å²) in [6.07, 6.45) is 0. The molecule has 3 N–H and O–H groups in total. The molecule has 0 fully saturated rings. The molecule has 0 aliphatic rings. The lowest BCUT2D eigenvalue weighted by Crippen LogP contribution is -2.14. The normalized spacial score (nSPS) is 11.6. The number of halogens is 1. The molecule has 0 spiro atoms. The molecule has 0 atom stereocenters. The molecule has 19 heavy (non-hydrogen) atoms. The predicted molar refractivity (Wildman–Crippen MR) is 79.3 cm³/mol. The van der Waals surface area contributed by atoms with E-state index in [4.69, 9.17) is 22.5 Å². The van der Waals surface area contributed by atoms with Crippen LogP contribution >= 0.6 is 23.4 Å². The summed E-state index contributed by atoms with van der Waals surface area (Å²) in [6, 6.07) is 13.5. The van der Waals surface area contributed by atoms with Gasteiger partial charge in [0.2, 0.25) is 0 Å². The molecule has 0 radical (unpaired) electrons. The van der Waals surface area contributed by atoms with Crippen LogP contribution in [0.25, 0.3) is 0 Å². The number of nitrogens with zero attached hydrogens (tertiary/aromatic N) is 1. The monoisotopic (exact) mass is 292 g/mol. The third kappa shape index (κ3) is 3.43. The second-order valence-electron chi connectivity index (χ2n) is 4.02. The molecule has 0 saturated heterocycles. The standard InChI is InChI=1S/C14H13ClN2OS/c1-9-8-12(6-7-13(9)14(16)17-18)19-11-4-2-10(15)3-5-11/h2-8,18H,1H3,(H2,16,17). The van der Waals surface area contributed by atoms with Crippen molar-refractivity contribution >= 4 is 29.2 Å². The Kier molecular flexibility index (Phi) is 4.35. The third-order valence-corrected chi connectivity index (χ3v) is 3.88. The molecular weight excluding hydrogens is 280 g/mol. The van der Waals surface area contributed by atoms with E-state index in [1.54, 1.807) is 11.8 Å². The largest absolute Gasteiger partial charge is 0.409 e. The van der Waals surface area contributed by atoms with E-state index in [1.165, 1.54) is 0 Å². The second kappa shape index (κ2) is 5.99. The van der Waals surface area contributed by atoms with Crippen molar-refractivity contribution in [1.82, 2.24) is 0 Å². The fourth-order valence-electron chi connectivity index (χ4n) is 1.68. The lowest BCUT2D eigenvalue weighted by atomic mass is 10.1. The zero-order valence-electron chi connectivity index (χ0n) is 10.3. The van der Waals surface area contributed by atoms with Crippen molar-refractivity contribution in [1.29, 1.82) is 0 Å². The lowest BCUT2D eigenvalue weighted by molar-refractivity contribution is 0.318. The van der Waals surface area contributed by atoms with Crippen molar-refractivity contribution in [3.63, 3.8) is 0 Å². The van der Waals surface area contributed by atoms with Crippen LogP contribution in [0.5, 0.6) is 0 Å². The highest BCUT2D eigenvalue weighted by molar-refractivity contribution is 7.99. The molecule has 2 aromatic rings. The first kappa shape index (κ1) is 13.8. The Bertz CT molecular complexity index is 611. The Balaban J connectivity index is 2.23. The SMILES string of the molecule is Cc1cc(Sc2ccc(Cl)cc2)ccc1/C(N)=N/O. The second-order valence-corrected chi connectivity index (χ2v) is 5.60. The molecule has 98 valence electrons. The number of hydrogen-bond donors (Lipinski definition) is 2. The van der Waals surface area contributed by atoms with E-state index in [9.17, 15) is 0 Å². The Morgan fingerprint density at radius 3 is 2.37 bits per heavy atom. The molecule has 3 nitrogen and oxygen atoms in total. The molecule has 0 aliphatic heterocycles. The maximum atomic E-state index is 8.69. The van der Waals surface area contributed by atoms with E-state index < -0.39 is 0 Å². The number of hydrogen-bond acceptors (Lipinski definition) is 3. The summed E-state index contributed by atoms with van der Waals surface area (Å²) in [7, 11) is 0. The summed E-state index contributed by atoms with van der Waals surface area (Å²) in [6.45, 7) is 1.93. The van der Waals surface area contributed by atoms with Crippen LogP contribution in [-0.4, -0.2) is 11.0 Å². The van der Waals surface area contributed by atoms with Crippen molar-refractivity contribution in [2.75, 3.05) is 0 Å². The highest BCUT2D eigenvalue weighted by Gasteiger charge is 2.05. The maximum Gasteiger partial charge on any atom is 0.170 e. The fraction of sp³-hybridized carbons (Fsp3) is 0.0714. The van der Waals surface area contributed by atoms with Gasteiger partial charge in [-0.2, -0.15) is 0 Å². The van der Waals surface area contributed by atoms with E-state index in [0.717, 1.165) is 25.9 Å². The van der Waals surface area contributed by atoms with E-state index in [0.29, 0.717) is 0 Å². The van der Waals surface area contributed by atoms with Crippen molar-refractivity contribution < 1.29 is 5.21 Å². The minimum Gasteiger partial charge on any atom is -0.409 e. The highest BCUT2D eigenvalue weighted by atomic mass is 35.5. The average Bonchev–Trinajstić information content (AvgIpc) is 2.41. The van der Waals surface area contributed by atoms with Crippen LogP contribution < -0.4 is 5.73 Å². The van der Waals surface area contributed by atoms with Crippen LogP contribution in [0.15, 0.2) is 57.4 Å². The molecule has 0 saturated carbocycles. The van der Waals surface area contributed by atoms with Crippen LogP contribution in [0.1, 0.15) is 11.1 Å². The number of nitrogens with two attached hydrogens (primary N) is 1. The number of oxime groups is 1. The predicted octanol–water partition coefficient (Wildman–Crippen LogP) is 3.89. The Hall–Kier alpha value is -1.65. The first-order valence-electron chi connectivity index (χ1n) is 5.62. The van der Waals surface area contributed by atoms with Crippen LogP contribution in [-0.2, 0) is 0 Å². The Morgan fingerprint density at radius 2 is 1.79 bits per heavy atom. The molecule has 2 aromatic carbocycles. The number of amidine groups is 1. The van der Waals surface area contributed by atoms with Gasteiger partial charge < -0.3 is 10.9 Å². The lowest BCUT2D eigenvalue weighted by Gasteiger charge is -2.07. The minimum atomic E-state index is 0.126. The smallest absolute Gasteiger partial charge is 0.170 e. The molecule has 0 aliphatic carbocycles. The van der Waals surface area contributed by atoms with Gasteiger partial charge in [0, 0.05) is 20.4 Å². The summed E-state index contributed by atoms with van der Waals surface area (Å²) in [5, 5.41) is 12.4. The van der Waals surface area contributed by atoms with Crippen molar-refractivity contribution in [2.45, 2.75) is 16.7 Å². The van der Waals surface area contributed by atoms with Crippen molar-refractivity contribution in [2.24, 2.45) is 10.9 Å². The molecule has 0 aromatic heterocycles. The van der Waals surface area contributed by atoms with Crippen LogP contribution in [0, 0.1) is 6.92 Å². The Labute approximate surface area is 121 Å². The minimum absolute atomic E-state index is 0.126. The van der Waals surface area contributed by atoms with Gasteiger partial charge in [0.15, 0.2) is 5.84 Å². The first-order chi connectivity index (χ1) is 9.10. The number of benzene rings is 2. The number of rotatable bonds is 3. The third-order valence-electron chi connectivity index (χ3n) is 2.63. The zero-order valence-corrected chi connectivity index (χ0v) is 11.9. The van der Waals surface area contributed by atoms with Gasteiger partial charge in [0.05, 0.1) is 0 Å². The summed E-state index contributed by atoms with van der Waals surface area (Å²) in [5.74, 6) is 0.126. The molecule has 0 amide bonds. The van der Waals surface area contributed by atoms with Gasteiger partial charge in [-0.05, 0) is 55.0 Å². The van der Waals surface area contributed by atoms with Gasteiger partial charge in [-0.3, -0.25) is 0 Å². The van der Waals surface area contributed by atoms with Crippen LogP contribution in [0.2, 0.25) is 5.02 Å². The molecule has 5 heteroatoms. The van der Waals surface area contributed by atoms with Gasteiger partial charge >= 0.3 is 0 Å². The van der Waals surface area contributed by atoms with Gasteiger partial charge in [0.25, 0.3) is 0 Å². The van der Waals surface area contributed by atoms with E-state index in [1.807, 2.05) is 49.4 Å². The summed E-state index contributed by atoms with van der Waals surface area (Å²) >= 11 is 7.49. The highest BCUT2D eigenvalue weighted by Crippen LogP contribution is 2.29.